The van der Waals surface area contributed by atoms with Crippen molar-refractivity contribution in [2.24, 2.45) is 0 Å². The minimum Gasteiger partial charge on any atom is -0.321 e. The Hall–Kier alpha value is -3.45. The molecular formula is C26H16Cl2F3N3O2S. The number of hydrogen-bond donors (Lipinski definition) is 1. The quantitative estimate of drug-likeness (QED) is 0.267. The van der Waals surface area contributed by atoms with Gasteiger partial charge in [-0.3, -0.25) is 14.5 Å². The third kappa shape index (κ3) is 5.93. The second kappa shape index (κ2) is 10.9. The van der Waals surface area contributed by atoms with Crippen molar-refractivity contribution < 1.29 is 22.8 Å². The Kier molecular flexibility index (Phi) is 7.83. The summed E-state index contributed by atoms with van der Waals surface area (Å²) in [5, 5.41) is 12.2. The molecular weight excluding hydrogens is 546 g/mol. The van der Waals surface area contributed by atoms with Gasteiger partial charge >= 0.3 is 6.18 Å². The predicted octanol–water partition coefficient (Wildman–Crippen LogP) is 7.08. The van der Waals surface area contributed by atoms with Gasteiger partial charge in [-0.25, -0.2) is 0 Å². The lowest BCUT2D eigenvalue weighted by molar-refractivity contribution is -0.137. The number of nitriles is 1. The number of carbonyl (C=O) groups excluding carboxylic acids is 2. The summed E-state index contributed by atoms with van der Waals surface area (Å²) >= 11 is 12.9. The van der Waals surface area contributed by atoms with Crippen molar-refractivity contribution in [3.05, 3.63) is 105 Å². The highest BCUT2D eigenvalue weighted by molar-refractivity contribution is 8.05. The zero-order valence-electron chi connectivity index (χ0n) is 18.7. The Bertz CT molecular complexity index is 1440. The van der Waals surface area contributed by atoms with E-state index >= 15 is 0 Å². The topological polar surface area (TPSA) is 73.2 Å². The molecule has 1 saturated heterocycles. The zero-order chi connectivity index (χ0) is 26.7. The summed E-state index contributed by atoms with van der Waals surface area (Å²) < 4.78 is 39.6. The summed E-state index contributed by atoms with van der Waals surface area (Å²) in [6.07, 6.45) is -4.56. The average Bonchev–Trinajstić information content (AvgIpc) is 3.17. The van der Waals surface area contributed by atoms with Crippen LogP contribution in [0.4, 0.5) is 24.5 Å². The Morgan fingerprint density at radius 3 is 2.41 bits per heavy atom. The normalized spacial score (nSPS) is 16.9. The van der Waals surface area contributed by atoms with Gasteiger partial charge in [-0.1, -0.05) is 71.4 Å². The molecule has 1 aliphatic heterocycles. The second-order valence-electron chi connectivity index (χ2n) is 7.89. The monoisotopic (exact) mass is 561 g/mol. The number of amides is 2. The Morgan fingerprint density at radius 1 is 1.03 bits per heavy atom. The fourth-order valence-corrected chi connectivity index (χ4v) is 5.26. The van der Waals surface area contributed by atoms with Crippen LogP contribution in [0.15, 0.2) is 83.4 Å². The van der Waals surface area contributed by atoms with E-state index in [-0.39, 0.29) is 32.8 Å². The molecule has 3 aromatic rings. The van der Waals surface area contributed by atoms with Crippen LogP contribution in [0.5, 0.6) is 0 Å². The second-order valence-corrected chi connectivity index (χ2v) is 9.90. The van der Waals surface area contributed by atoms with E-state index in [0.29, 0.717) is 11.3 Å². The Balaban J connectivity index is 1.70. The van der Waals surface area contributed by atoms with Crippen LogP contribution in [0.3, 0.4) is 0 Å². The first-order chi connectivity index (χ1) is 17.6. The highest BCUT2D eigenvalue weighted by Crippen LogP contribution is 2.42. The van der Waals surface area contributed by atoms with E-state index in [4.69, 9.17) is 23.2 Å². The number of nitrogens with zero attached hydrogens (tertiary/aromatic N) is 2. The van der Waals surface area contributed by atoms with Crippen LogP contribution in [-0.4, -0.2) is 17.1 Å². The maximum atomic E-state index is 13.5. The third-order valence-electron chi connectivity index (χ3n) is 5.37. The molecule has 188 valence electrons. The van der Waals surface area contributed by atoms with Crippen LogP contribution in [-0.2, 0) is 22.2 Å². The van der Waals surface area contributed by atoms with Crippen molar-refractivity contribution in [2.45, 2.75) is 17.8 Å². The van der Waals surface area contributed by atoms with Crippen LogP contribution in [0.2, 0.25) is 10.0 Å². The van der Waals surface area contributed by atoms with Gasteiger partial charge in [0.2, 0.25) is 5.91 Å². The molecule has 1 N–H and O–H groups in total. The minimum absolute atomic E-state index is 0.0344. The molecule has 2 amide bonds. The molecule has 1 fully saturated rings. The lowest BCUT2D eigenvalue weighted by atomic mass is 10.1. The summed E-state index contributed by atoms with van der Waals surface area (Å²) in [5.41, 5.74) is -0.158. The van der Waals surface area contributed by atoms with Crippen molar-refractivity contribution in [1.29, 1.82) is 5.26 Å². The number of anilines is 2. The molecule has 0 aliphatic carbocycles. The summed E-state index contributed by atoms with van der Waals surface area (Å²) in [5.74, 6) is -1.24. The number of rotatable bonds is 5. The number of halogens is 5. The van der Waals surface area contributed by atoms with E-state index in [2.05, 4.69) is 5.32 Å². The van der Waals surface area contributed by atoms with Crippen molar-refractivity contribution in [2.75, 3.05) is 10.2 Å². The van der Waals surface area contributed by atoms with Gasteiger partial charge in [0.25, 0.3) is 5.91 Å². The molecule has 5 nitrogen and oxygen atoms in total. The first-order valence-electron chi connectivity index (χ1n) is 10.7. The molecule has 1 atom stereocenters. The molecule has 11 heteroatoms. The van der Waals surface area contributed by atoms with Gasteiger partial charge in [0, 0.05) is 11.4 Å². The molecule has 1 heterocycles. The third-order valence-corrected chi connectivity index (χ3v) is 7.37. The fraction of sp³-hybridized carbons (Fsp3) is 0.115. The van der Waals surface area contributed by atoms with E-state index in [9.17, 15) is 28.0 Å². The number of thioether (sulfide) groups is 1. The molecule has 0 bridgehead atoms. The minimum atomic E-state index is -4.53. The summed E-state index contributed by atoms with van der Waals surface area (Å²) in [4.78, 5) is 27.8. The number of para-hydroxylation sites is 1. The van der Waals surface area contributed by atoms with Gasteiger partial charge in [0.1, 0.15) is 16.7 Å². The van der Waals surface area contributed by atoms with Crippen LogP contribution >= 0.6 is 35.0 Å². The standard InChI is InChI=1S/C26H16Cl2F3N3O2S/c27-20-10-9-17(13-21(20)28)33-23(35)19(14-32)25-34(18-7-2-1-3-8-18)24(36)22(37-25)12-15-5-4-6-16(11-15)26(29,30)31/h1-11,13,22H,12H2,(H,33,35)/b25-19-/t22-/m1/s1. The van der Waals surface area contributed by atoms with Crippen LogP contribution in [0, 0.1) is 11.3 Å². The van der Waals surface area contributed by atoms with E-state index in [1.54, 1.807) is 30.3 Å². The molecule has 0 radical (unpaired) electrons. The molecule has 0 aromatic heterocycles. The van der Waals surface area contributed by atoms with Crippen molar-refractivity contribution in [3.8, 4) is 6.07 Å². The average molecular weight is 562 g/mol. The number of alkyl halides is 3. The zero-order valence-corrected chi connectivity index (χ0v) is 21.1. The van der Waals surface area contributed by atoms with Gasteiger partial charge in [0.15, 0.2) is 0 Å². The van der Waals surface area contributed by atoms with E-state index in [1.807, 2.05) is 6.07 Å². The number of carbonyl (C=O) groups is 2. The SMILES string of the molecule is N#C/C(C(=O)Nc1ccc(Cl)c(Cl)c1)=C1/S[C@H](Cc2cccc(C(F)(F)F)c2)C(=O)N1c1ccccc1. The maximum Gasteiger partial charge on any atom is 0.416 e. The Labute approximate surface area is 224 Å². The molecule has 1 aliphatic rings. The maximum absolute atomic E-state index is 13.5. The predicted molar refractivity (Wildman–Crippen MR) is 138 cm³/mol. The summed E-state index contributed by atoms with van der Waals surface area (Å²) in [6, 6.07) is 19.4. The first-order valence-corrected chi connectivity index (χ1v) is 12.3. The van der Waals surface area contributed by atoms with Crippen LogP contribution in [0.1, 0.15) is 11.1 Å². The largest absolute Gasteiger partial charge is 0.416 e. The number of nitrogens with one attached hydrogen (secondary N) is 1. The lowest BCUT2D eigenvalue weighted by Crippen LogP contribution is -2.30. The number of hydrogen-bond acceptors (Lipinski definition) is 4. The van der Waals surface area contributed by atoms with Crippen LogP contribution < -0.4 is 10.2 Å². The van der Waals surface area contributed by atoms with Crippen molar-refractivity contribution >= 4 is 58.2 Å². The van der Waals surface area contributed by atoms with Crippen LogP contribution in [0.25, 0.3) is 0 Å². The lowest BCUT2D eigenvalue weighted by Gasteiger charge is -2.18. The van der Waals surface area contributed by atoms with Gasteiger partial charge < -0.3 is 5.32 Å². The number of benzene rings is 3. The Morgan fingerprint density at radius 2 is 1.76 bits per heavy atom. The molecule has 0 unspecified atom stereocenters. The summed E-state index contributed by atoms with van der Waals surface area (Å²) in [7, 11) is 0. The van der Waals surface area contributed by atoms with E-state index in [0.717, 1.165) is 23.9 Å². The van der Waals surface area contributed by atoms with Crippen molar-refractivity contribution in [3.63, 3.8) is 0 Å². The molecule has 4 rings (SSSR count). The highest BCUT2D eigenvalue weighted by Gasteiger charge is 2.41. The van der Waals surface area contributed by atoms with Gasteiger partial charge in [0.05, 0.1) is 20.9 Å². The smallest absolute Gasteiger partial charge is 0.321 e. The van der Waals surface area contributed by atoms with E-state index in [1.165, 1.54) is 35.2 Å². The molecule has 37 heavy (non-hydrogen) atoms. The van der Waals surface area contributed by atoms with Gasteiger partial charge in [-0.15, -0.1) is 0 Å². The van der Waals surface area contributed by atoms with E-state index < -0.39 is 28.8 Å². The van der Waals surface area contributed by atoms with Crippen molar-refractivity contribution in [1.82, 2.24) is 0 Å². The molecule has 0 spiro atoms. The first kappa shape index (κ1) is 26.6. The van der Waals surface area contributed by atoms with Gasteiger partial charge in [-0.2, -0.15) is 18.4 Å². The fourth-order valence-electron chi connectivity index (χ4n) is 3.66. The summed E-state index contributed by atoms with van der Waals surface area (Å²) in [6.45, 7) is 0. The molecule has 3 aromatic carbocycles. The van der Waals surface area contributed by atoms with Gasteiger partial charge in [-0.05, 0) is 48.4 Å². The molecule has 0 saturated carbocycles. The highest BCUT2D eigenvalue weighted by atomic mass is 35.5.